The molecule has 5 nitrogen and oxygen atoms in total. The number of phenolic OH excluding ortho intramolecular Hbond substituents is 1. The van der Waals surface area contributed by atoms with Crippen LogP contribution >= 0.6 is 0 Å². The van der Waals surface area contributed by atoms with Gasteiger partial charge in [0, 0.05) is 12.7 Å². The highest BCUT2D eigenvalue weighted by Crippen LogP contribution is 2.26. The quantitative estimate of drug-likeness (QED) is 0.534. The van der Waals surface area contributed by atoms with Crippen molar-refractivity contribution >= 4 is 17.3 Å². The van der Waals surface area contributed by atoms with Gasteiger partial charge in [0.15, 0.2) is 0 Å². The van der Waals surface area contributed by atoms with Gasteiger partial charge in [0.25, 0.3) is 5.91 Å². The number of nitrogens with two attached hydrogens (primary N) is 1. The number of aromatic hydroxyl groups is 1. The lowest BCUT2D eigenvalue weighted by Crippen LogP contribution is -2.31. The normalized spacial score (nSPS) is 23.6. The maximum Gasteiger partial charge on any atom is 0.253 e. The van der Waals surface area contributed by atoms with Gasteiger partial charge in [-0.2, -0.15) is 0 Å². The van der Waals surface area contributed by atoms with E-state index in [1.165, 1.54) is 12.1 Å². The second-order valence-corrected chi connectivity index (χ2v) is 4.32. The van der Waals surface area contributed by atoms with E-state index in [1.807, 2.05) is 6.92 Å². The molecular weight excluding hydrogens is 220 g/mol. The number of ether oxygens (including phenoxy) is 1. The summed E-state index contributed by atoms with van der Waals surface area (Å²) in [5.74, 6) is 0.103. The number of rotatable bonds is 2. The van der Waals surface area contributed by atoms with E-state index < -0.39 is 6.10 Å². The molecule has 1 heterocycles. The minimum absolute atomic E-state index is 0.0750. The van der Waals surface area contributed by atoms with Gasteiger partial charge in [-0.1, -0.05) is 6.92 Å². The zero-order valence-corrected chi connectivity index (χ0v) is 9.64. The van der Waals surface area contributed by atoms with E-state index in [2.05, 4.69) is 5.32 Å². The number of nitrogens with one attached hydrogen (secondary N) is 1. The third-order valence-corrected chi connectivity index (χ3v) is 2.94. The van der Waals surface area contributed by atoms with E-state index >= 15 is 0 Å². The summed E-state index contributed by atoms with van der Waals surface area (Å²) < 4.78 is 5.36. The summed E-state index contributed by atoms with van der Waals surface area (Å²) in [6.07, 6.45) is 0.478. The number of phenols is 1. The zero-order valence-electron chi connectivity index (χ0n) is 9.64. The van der Waals surface area contributed by atoms with Gasteiger partial charge in [-0.25, -0.2) is 0 Å². The van der Waals surface area contributed by atoms with Crippen molar-refractivity contribution in [3.63, 3.8) is 0 Å². The fourth-order valence-corrected chi connectivity index (χ4v) is 1.90. The highest BCUT2D eigenvalue weighted by Gasteiger charge is 2.31. The number of hydrogen-bond donors (Lipinski definition) is 3. The molecule has 0 saturated carbocycles. The Morgan fingerprint density at radius 3 is 2.94 bits per heavy atom. The standard InChI is InChI=1S/C12H16N2O3/c1-7-4-5-17-11(7)12(16)14-10-3-2-8(15)6-9(10)13/h2-3,6-7,11,15H,4-5,13H2,1H3,(H,14,16). The van der Waals surface area contributed by atoms with Crippen molar-refractivity contribution in [1.82, 2.24) is 0 Å². The Bertz CT molecular complexity index is 434. The second-order valence-electron chi connectivity index (χ2n) is 4.32. The molecule has 1 fully saturated rings. The number of hydrogen-bond acceptors (Lipinski definition) is 4. The predicted octanol–water partition coefficient (Wildman–Crippen LogP) is 1.34. The first kappa shape index (κ1) is 11.7. The highest BCUT2D eigenvalue weighted by molar-refractivity contribution is 5.97. The lowest BCUT2D eigenvalue weighted by molar-refractivity contribution is -0.126. The minimum atomic E-state index is -0.414. The van der Waals surface area contributed by atoms with E-state index in [-0.39, 0.29) is 17.6 Å². The van der Waals surface area contributed by atoms with Gasteiger partial charge in [-0.15, -0.1) is 0 Å². The number of carbonyl (C=O) groups is 1. The molecule has 1 aliphatic rings. The molecule has 1 saturated heterocycles. The molecule has 5 heteroatoms. The molecule has 92 valence electrons. The number of amides is 1. The summed E-state index contributed by atoms with van der Waals surface area (Å²) in [6, 6.07) is 4.45. The van der Waals surface area contributed by atoms with Crippen LogP contribution in [0.2, 0.25) is 0 Å². The number of anilines is 2. The largest absolute Gasteiger partial charge is 0.508 e. The first-order valence-corrected chi connectivity index (χ1v) is 5.59. The first-order chi connectivity index (χ1) is 8.08. The van der Waals surface area contributed by atoms with Crippen LogP contribution in [0.5, 0.6) is 5.75 Å². The van der Waals surface area contributed by atoms with Crippen molar-refractivity contribution in [1.29, 1.82) is 0 Å². The van der Waals surface area contributed by atoms with Crippen LogP contribution < -0.4 is 11.1 Å². The SMILES string of the molecule is CC1CCOC1C(=O)Nc1ccc(O)cc1N. The molecule has 0 aromatic heterocycles. The van der Waals surface area contributed by atoms with Crippen LogP contribution in [0.15, 0.2) is 18.2 Å². The molecule has 0 aliphatic carbocycles. The van der Waals surface area contributed by atoms with Gasteiger partial charge in [-0.3, -0.25) is 4.79 Å². The second kappa shape index (κ2) is 4.63. The minimum Gasteiger partial charge on any atom is -0.508 e. The molecule has 4 N–H and O–H groups in total. The molecular formula is C12H16N2O3. The lowest BCUT2D eigenvalue weighted by atomic mass is 10.0. The van der Waals surface area contributed by atoms with Crippen molar-refractivity contribution in [2.45, 2.75) is 19.4 Å². The van der Waals surface area contributed by atoms with Crippen LogP contribution in [0.1, 0.15) is 13.3 Å². The van der Waals surface area contributed by atoms with E-state index in [0.717, 1.165) is 6.42 Å². The van der Waals surface area contributed by atoms with Gasteiger partial charge in [-0.05, 0) is 24.5 Å². The fraction of sp³-hybridized carbons (Fsp3) is 0.417. The summed E-state index contributed by atoms with van der Waals surface area (Å²) in [5, 5.41) is 11.9. The fourth-order valence-electron chi connectivity index (χ4n) is 1.90. The maximum absolute atomic E-state index is 11.9. The van der Waals surface area contributed by atoms with Crippen molar-refractivity contribution in [2.75, 3.05) is 17.7 Å². The van der Waals surface area contributed by atoms with E-state index in [4.69, 9.17) is 10.5 Å². The third-order valence-electron chi connectivity index (χ3n) is 2.94. The Labute approximate surface area is 99.6 Å². The third kappa shape index (κ3) is 2.50. The lowest BCUT2D eigenvalue weighted by Gasteiger charge is -2.15. The molecule has 0 radical (unpaired) electrons. The monoisotopic (exact) mass is 236 g/mol. The van der Waals surface area contributed by atoms with Crippen LogP contribution in [-0.4, -0.2) is 23.7 Å². The van der Waals surface area contributed by atoms with E-state index in [0.29, 0.717) is 18.0 Å². The first-order valence-electron chi connectivity index (χ1n) is 5.59. The summed E-state index contributed by atoms with van der Waals surface area (Å²) in [4.78, 5) is 11.9. The highest BCUT2D eigenvalue weighted by atomic mass is 16.5. The van der Waals surface area contributed by atoms with Gasteiger partial charge < -0.3 is 20.9 Å². The van der Waals surface area contributed by atoms with Crippen LogP contribution in [0.25, 0.3) is 0 Å². The number of carbonyl (C=O) groups excluding carboxylic acids is 1. The van der Waals surface area contributed by atoms with E-state index in [9.17, 15) is 9.90 Å². The van der Waals surface area contributed by atoms with E-state index in [1.54, 1.807) is 6.07 Å². The molecule has 1 amide bonds. The molecule has 1 aromatic carbocycles. The molecule has 0 spiro atoms. The predicted molar refractivity (Wildman–Crippen MR) is 64.7 cm³/mol. The molecule has 1 aliphatic heterocycles. The molecule has 17 heavy (non-hydrogen) atoms. The van der Waals surface area contributed by atoms with Crippen LogP contribution in [0, 0.1) is 5.92 Å². The topological polar surface area (TPSA) is 84.6 Å². The molecule has 0 bridgehead atoms. The van der Waals surface area contributed by atoms with Crippen molar-refractivity contribution in [3.05, 3.63) is 18.2 Å². The van der Waals surface area contributed by atoms with Crippen molar-refractivity contribution < 1.29 is 14.6 Å². The van der Waals surface area contributed by atoms with Gasteiger partial charge in [0.1, 0.15) is 11.9 Å². The van der Waals surface area contributed by atoms with Gasteiger partial charge in [0.05, 0.1) is 11.4 Å². The number of nitrogen functional groups attached to an aromatic ring is 1. The summed E-state index contributed by atoms with van der Waals surface area (Å²) in [6.45, 7) is 2.60. The summed E-state index contributed by atoms with van der Waals surface area (Å²) in [5.41, 5.74) is 6.52. The Morgan fingerprint density at radius 2 is 2.35 bits per heavy atom. The number of benzene rings is 1. The van der Waals surface area contributed by atoms with Crippen molar-refractivity contribution in [2.24, 2.45) is 5.92 Å². The van der Waals surface area contributed by atoms with Gasteiger partial charge in [0.2, 0.25) is 0 Å². The van der Waals surface area contributed by atoms with Crippen LogP contribution in [0.3, 0.4) is 0 Å². The van der Waals surface area contributed by atoms with Crippen LogP contribution in [-0.2, 0) is 9.53 Å². The summed E-state index contributed by atoms with van der Waals surface area (Å²) in [7, 11) is 0. The molecule has 2 rings (SSSR count). The average molecular weight is 236 g/mol. The molecule has 1 aromatic rings. The summed E-state index contributed by atoms with van der Waals surface area (Å²) >= 11 is 0. The van der Waals surface area contributed by atoms with Gasteiger partial charge >= 0.3 is 0 Å². The van der Waals surface area contributed by atoms with Crippen molar-refractivity contribution in [3.8, 4) is 5.75 Å². The Morgan fingerprint density at radius 1 is 1.59 bits per heavy atom. The maximum atomic E-state index is 11.9. The zero-order chi connectivity index (χ0) is 12.4. The molecule has 2 atom stereocenters. The average Bonchev–Trinajstić information content (AvgIpc) is 2.68. The Kier molecular flexibility index (Phi) is 3.19. The Balaban J connectivity index is 2.07. The molecule has 2 unspecified atom stereocenters. The Hall–Kier alpha value is -1.75. The smallest absolute Gasteiger partial charge is 0.253 e. The van der Waals surface area contributed by atoms with Crippen LogP contribution in [0.4, 0.5) is 11.4 Å².